The number of hydrogen-bond donors (Lipinski definition) is 2. The molecule has 0 aliphatic rings. The van der Waals surface area contributed by atoms with Gasteiger partial charge in [0.1, 0.15) is 22.8 Å². The van der Waals surface area contributed by atoms with E-state index < -0.39 is 11.9 Å². The molecule has 1 heterocycles. The van der Waals surface area contributed by atoms with Crippen molar-refractivity contribution in [2.45, 2.75) is 20.3 Å². The highest BCUT2D eigenvalue weighted by Crippen LogP contribution is 2.30. The number of carboxylic acid groups (broad SMARTS) is 1. The number of carbonyl (C=O) groups is 2. The van der Waals surface area contributed by atoms with Gasteiger partial charge >= 0.3 is 5.97 Å². The summed E-state index contributed by atoms with van der Waals surface area (Å²) in [5.74, 6) is -0.490. The zero-order valence-electron chi connectivity index (χ0n) is 13.7. The van der Waals surface area contributed by atoms with Crippen molar-refractivity contribution < 1.29 is 28.6 Å². The number of aryl methyl sites for hydroxylation is 1. The van der Waals surface area contributed by atoms with Crippen molar-refractivity contribution in [2.75, 3.05) is 19.0 Å². The maximum absolute atomic E-state index is 12.4. The van der Waals surface area contributed by atoms with E-state index in [4.69, 9.17) is 19.0 Å². The third-order valence-electron chi connectivity index (χ3n) is 3.32. The summed E-state index contributed by atoms with van der Waals surface area (Å²) in [6.45, 7) is 4.01. The molecule has 0 bridgehead atoms. The van der Waals surface area contributed by atoms with Crippen molar-refractivity contribution in [3.05, 3.63) is 41.3 Å². The Morgan fingerprint density at radius 3 is 2.54 bits per heavy atom. The van der Waals surface area contributed by atoms with Crippen LogP contribution in [0.15, 0.2) is 28.7 Å². The monoisotopic (exact) mass is 333 g/mol. The fourth-order valence-electron chi connectivity index (χ4n) is 2.18. The van der Waals surface area contributed by atoms with Gasteiger partial charge in [0.25, 0.3) is 5.91 Å². The van der Waals surface area contributed by atoms with Crippen LogP contribution < -0.4 is 14.8 Å². The smallest absolute Gasteiger partial charge is 0.339 e. The van der Waals surface area contributed by atoms with Crippen LogP contribution in [0.2, 0.25) is 0 Å². The standard InChI is InChI=1S/C17H19NO6/c1-4-13-11(17(20)21)9-15(24-13)16(19)18-12-8-10(22-3)6-7-14(12)23-5-2/h6-9H,4-5H2,1-3H3,(H,18,19)(H,20,21). The van der Waals surface area contributed by atoms with Gasteiger partial charge in [-0.25, -0.2) is 4.79 Å². The molecule has 1 aromatic heterocycles. The third kappa shape index (κ3) is 3.68. The molecule has 0 fully saturated rings. The molecule has 128 valence electrons. The predicted octanol–water partition coefficient (Wildman–Crippen LogP) is 3.20. The average Bonchev–Trinajstić information content (AvgIpc) is 3.01. The number of anilines is 1. The van der Waals surface area contributed by atoms with E-state index in [9.17, 15) is 9.59 Å². The molecule has 2 aromatic rings. The Labute approximate surface area is 139 Å². The van der Waals surface area contributed by atoms with Crippen molar-refractivity contribution in [2.24, 2.45) is 0 Å². The van der Waals surface area contributed by atoms with Crippen molar-refractivity contribution >= 4 is 17.6 Å². The lowest BCUT2D eigenvalue weighted by molar-refractivity contribution is 0.0694. The number of hydrogen-bond acceptors (Lipinski definition) is 5. The first-order valence-corrected chi connectivity index (χ1v) is 7.48. The SMILES string of the molecule is CCOc1ccc(OC)cc1NC(=O)c1cc(C(=O)O)c(CC)o1. The number of furan rings is 1. The van der Waals surface area contributed by atoms with Gasteiger partial charge in [0.15, 0.2) is 5.76 Å². The molecule has 24 heavy (non-hydrogen) atoms. The molecule has 0 saturated carbocycles. The molecule has 0 aliphatic heterocycles. The average molecular weight is 333 g/mol. The Morgan fingerprint density at radius 1 is 1.25 bits per heavy atom. The molecule has 0 aliphatic carbocycles. The van der Waals surface area contributed by atoms with Crippen LogP contribution in [-0.4, -0.2) is 30.7 Å². The highest BCUT2D eigenvalue weighted by molar-refractivity contribution is 6.04. The summed E-state index contributed by atoms with van der Waals surface area (Å²) in [5.41, 5.74) is 0.394. The van der Waals surface area contributed by atoms with Crippen LogP contribution in [0, 0.1) is 0 Å². The summed E-state index contributed by atoms with van der Waals surface area (Å²) in [7, 11) is 1.51. The molecule has 0 unspecified atom stereocenters. The van der Waals surface area contributed by atoms with Gasteiger partial charge in [0.2, 0.25) is 0 Å². The first-order chi connectivity index (χ1) is 11.5. The summed E-state index contributed by atoms with van der Waals surface area (Å²) in [6, 6.07) is 6.23. The maximum Gasteiger partial charge on any atom is 0.339 e. The molecule has 7 heteroatoms. The van der Waals surface area contributed by atoms with E-state index in [1.165, 1.54) is 13.2 Å². The second-order valence-corrected chi connectivity index (χ2v) is 4.86. The van der Waals surface area contributed by atoms with Crippen LogP contribution in [-0.2, 0) is 6.42 Å². The molecular weight excluding hydrogens is 314 g/mol. The fourth-order valence-corrected chi connectivity index (χ4v) is 2.18. The first-order valence-electron chi connectivity index (χ1n) is 7.48. The Kier molecular flexibility index (Phi) is 5.47. The maximum atomic E-state index is 12.4. The van der Waals surface area contributed by atoms with Crippen LogP contribution in [0.25, 0.3) is 0 Å². The Morgan fingerprint density at radius 2 is 2.00 bits per heavy atom. The molecule has 0 spiro atoms. The summed E-state index contributed by atoms with van der Waals surface area (Å²) in [5, 5.41) is 11.8. The van der Waals surface area contributed by atoms with Gasteiger partial charge in [0.05, 0.1) is 19.4 Å². The number of nitrogens with one attached hydrogen (secondary N) is 1. The van der Waals surface area contributed by atoms with E-state index in [-0.39, 0.29) is 17.1 Å². The molecule has 0 radical (unpaired) electrons. The molecule has 7 nitrogen and oxygen atoms in total. The Balaban J connectivity index is 2.30. The minimum absolute atomic E-state index is 0.0154. The second kappa shape index (κ2) is 7.54. The van der Waals surface area contributed by atoms with Gasteiger partial charge in [-0.3, -0.25) is 4.79 Å². The zero-order valence-corrected chi connectivity index (χ0v) is 13.7. The minimum atomic E-state index is -1.13. The van der Waals surface area contributed by atoms with Gasteiger partial charge in [-0.15, -0.1) is 0 Å². The molecule has 1 amide bonds. The largest absolute Gasteiger partial charge is 0.497 e. The fraction of sp³-hybridized carbons (Fsp3) is 0.294. The topological polar surface area (TPSA) is 98.0 Å². The van der Waals surface area contributed by atoms with E-state index in [1.807, 2.05) is 6.92 Å². The van der Waals surface area contributed by atoms with Crippen LogP contribution in [0.4, 0.5) is 5.69 Å². The van der Waals surface area contributed by atoms with Crippen LogP contribution in [0.5, 0.6) is 11.5 Å². The molecule has 2 rings (SSSR count). The Hall–Kier alpha value is -2.96. The number of carbonyl (C=O) groups excluding carboxylic acids is 1. The van der Waals surface area contributed by atoms with E-state index in [0.29, 0.717) is 30.2 Å². The zero-order chi connectivity index (χ0) is 17.7. The summed E-state index contributed by atoms with van der Waals surface area (Å²) < 4.78 is 16.0. The van der Waals surface area contributed by atoms with Gasteiger partial charge in [-0.2, -0.15) is 0 Å². The third-order valence-corrected chi connectivity index (χ3v) is 3.32. The Bertz CT molecular complexity index is 750. The van der Waals surface area contributed by atoms with E-state index in [1.54, 1.807) is 25.1 Å². The number of ether oxygens (including phenoxy) is 2. The summed E-state index contributed by atoms with van der Waals surface area (Å²) >= 11 is 0. The van der Waals surface area contributed by atoms with Gasteiger partial charge in [0, 0.05) is 18.6 Å². The van der Waals surface area contributed by atoms with E-state index >= 15 is 0 Å². The van der Waals surface area contributed by atoms with Crippen molar-refractivity contribution in [3.63, 3.8) is 0 Å². The number of aromatic carboxylic acids is 1. The molecule has 1 aromatic carbocycles. The lowest BCUT2D eigenvalue weighted by Gasteiger charge is -2.12. The number of rotatable bonds is 7. The van der Waals surface area contributed by atoms with Gasteiger partial charge in [-0.05, 0) is 19.1 Å². The van der Waals surface area contributed by atoms with Crippen molar-refractivity contribution in [1.29, 1.82) is 0 Å². The molecule has 0 atom stereocenters. The number of benzene rings is 1. The van der Waals surface area contributed by atoms with E-state index in [2.05, 4.69) is 5.32 Å². The summed E-state index contributed by atoms with van der Waals surface area (Å²) in [6.07, 6.45) is 0.373. The lowest BCUT2D eigenvalue weighted by Crippen LogP contribution is -2.12. The van der Waals surface area contributed by atoms with Gasteiger partial charge in [-0.1, -0.05) is 6.92 Å². The van der Waals surface area contributed by atoms with E-state index in [0.717, 1.165) is 0 Å². The number of amides is 1. The predicted molar refractivity (Wildman–Crippen MR) is 87.2 cm³/mol. The lowest BCUT2D eigenvalue weighted by atomic mass is 10.2. The summed E-state index contributed by atoms with van der Waals surface area (Å²) in [4.78, 5) is 23.5. The highest BCUT2D eigenvalue weighted by Gasteiger charge is 2.21. The minimum Gasteiger partial charge on any atom is -0.497 e. The molecule has 0 saturated heterocycles. The van der Waals surface area contributed by atoms with Crippen molar-refractivity contribution in [1.82, 2.24) is 0 Å². The number of methoxy groups -OCH3 is 1. The second-order valence-electron chi connectivity index (χ2n) is 4.86. The van der Waals surface area contributed by atoms with Crippen molar-refractivity contribution in [3.8, 4) is 11.5 Å². The number of carboxylic acids is 1. The highest BCUT2D eigenvalue weighted by atomic mass is 16.5. The first kappa shape index (κ1) is 17.4. The normalized spacial score (nSPS) is 10.3. The van der Waals surface area contributed by atoms with Gasteiger partial charge < -0.3 is 24.3 Å². The van der Waals surface area contributed by atoms with Crippen LogP contribution >= 0.6 is 0 Å². The molecular formula is C17H19NO6. The van der Waals surface area contributed by atoms with Crippen LogP contribution in [0.3, 0.4) is 0 Å². The quantitative estimate of drug-likeness (QED) is 0.807. The van der Waals surface area contributed by atoms with Crippen LogP contribution in [0.1, 0.15) is 40.5 Å². The molecule has 2 N–H and O–H groups in total.